The second kappa shape index (κ2) is 6.91. The summed E-state index contributed by atoms with van der Waals surface area (Å²) in [6, 6.07) is 1.35. The maximum absolute atomic E-state index is 12.5. The molecule has 4 nitrogen and oxygen atoms in total. The first kappa shape index (κ1) is 17.5. The Morgan fingerprint density at radius 3 is 2.10 bits per heavy atom. The topological polar surface area (TPSA) is 54.5 Å². The van der Waals surface area contributed by atoms with Crippen LogP contribution < -0.4 is 0 Å². The van der Waals surface area contributed by atoms with Crippen LogP contribution in [-0.2, 0) is 9.05 Å². The fourth-order valence-corrected chi connectivity index (χ4v) is 3.80. The van der Waals surface area contributed by atoms with Gasteiger partial charge in [-0.05, 0) is 17.9 Å². The lowest BCUT2D eigenvalue weighted by Crippen LogP contribution is -2.36. The smallest absolute Gasteiger partial charge is 0.270 e. The maximum atomic E-state index is 12.5. The Kier molecular flexibility index (Phi) is 6.04. The van der Waals surface area contributed by atoms with Crippen molar-refractivity contribution in [1.82, 2.24) is 4.90 Å². The average Bonchev–Trinajstić information content (AvgIpc) is 2.74. The Morgan fingerprint density at radius 1 is 1.25 bits per heavy atom. The summed E-state index contributed by atoms with van der Waals surface area (Å²) in [5, 5.41) is 1.55. The van der Waals surface area contributed by atoms with Crippen LogP contribution in [0.2, 0.25) is 0 Å². The van der Waals surface area contributed by atoms with Crippen LogP contribution in [0.1, 0.15) is 38.1 Å². The van der Waals surface area contributed by atoms with Crippen molar-refractivity contribution in [2.45, 2.75) is 31.9 Å². The number of amides is 1. The lowest BCUT2D eigenvalue weighted by molar-refractivity contribution is 0.0715. The van der Waals surface area contributed by atoms with Gasteiger partial charge in [-0.25, -0.2) is 8.42 Å². The van der Waals surface area contributed by atoms with Crippen molar-refractivity contribution in [2.75, 3.05) is 13.1 Å². The van der Waals surface area contributed by atoms with Crippen molar-refractivity contribution < 1.29 is 13.2 Å². The number of halogens is 1. The van der Waals surface area contributed by atoms with Gasteiger partial charge in [-0.15, -0.1) is 11.3 Å². The summed E-state index contributed by atoms with van der Waals surface area (Å²) < 4.78 is 22.5. The van der Waals surface area contributed by atoms with Gasteiger partial charge in [0, 0.05) is 29.2 Å². The fourth-order valence-electron chi connectivity index (χ4n) is 1.86. The molecule has 0 spiro atoms. The fraction of sp³-hybridized carbons (Fsp3) is 0.615. The highest BCUT2D eigenvalue weighted by molar-refractivity contribution is 8.15. The van der Waals surface area contributed by atoms with E-state index >= 15 is 0 Å². The predicted molar refractivity (Wildman–Crippen MR) is 82.9 cm³/mol. The molecule has 0 aromatic carbocycles. The van der Waals surface area contributed by atoms with Crippen LogP contribution in [0.3, 0.4) is 0 Å². The van der Waals surface area contributed by atoms with Gasteiger partial charge in [-0.3, -0.25) is 4.79 Å². The van der Waals surface area contributed by atoms with Crippen molar-refractivity contribution in [1.29, 1.82) is 0 Å². The van der Waals surface area contributed by atoms with Crippen molar-refractivity contribution >= 4 is 37.0 Å². The molecule has 0 aliphatic carbocycles. The molecule has 0 saturated carbocycles. The second-order valence-corrected chi connectivity index (χ2v) is 9.29. The summed E-state index contributed by atoms with van der Waals surface area (Å²) in [5.41, 5.74) is 0.385. The largest absolute Gasteiger partial charge is 0.338 e. The molecular formula is C13H20ClNO3S2. The summed E-state index contributed by atoms with van der Waals surface area (Å²) in [4.78, 5) is 14.2. The summed E-state index contributed by atoms with van der Waals surface area (Å²) >= 11 is 0.973. The van der Waals surface area contributed by atoms with E-state index in [-0.39, 0.29) is 10.1 Å². The van der Waals surface area contributed by atoms with Gasteiger partial charge in [-0.1, -0.05) is 27.7 Å². The molecule has 0 radical (unpaired) electrons. The maximum Gasteiger partial charge on any atom is 0.270 e. The molecule has 1 heterocycles. The number of nitrogens with zero attached hydrogens (tertiary/aromatic N) is 1. The van der Waals surface area contributed by atoms with Crippen molar-refractivity contribution in [3.05, 3.63) is 17.0 Å². The molecule has 114 valence electrons. The molecule has 1 rings (SSSR count). The van der Waals surface area contributed by atoms with E-state index in [0.717, 1.165) is 11.3 Å². The molecule has 0 unspecified atom stereocenters. The molecule has 7 heteroatoms. The van der Waals surface area contributed by atoms with Gasteiger partial charge in [-0.2, -0.15) is 0 Å². The lowest BCUT2D eigenvalue weighted by Gasteiger charge is -2.26. The minimum absolute atomic E-state index is 0.0107. The molecule has 1 amide bonds. The Labute approximate surface area is 129 Å². The van der Waals surface area contributed by atoms with E-state index in [1.807, 2.05) is 27.7 Å². The highest BCUT2D eigenvalue weighted by atomic mass is 35.7. The van der Waals surface area contributed by atoms with E-state index in [1.54, 1.807) is 10.3 Å². The zero-order chi connectivity index (χ0) is 15.5. The van der Waals surface area contributed by atoms with Crippen molar-refractivity contribution in [3.8, 4) is 0 Å². The Hall–Kier alpha value is -0.590. The van der Waals surface area contributed by atoms with Crippen LogP contribution in [0.15, 0.2) is 15.7 Å². The van der Waals surface area contributed by atoms with E-state index in [1.165, 1.54) is 6.07 Å². The number of rotatable bonds is 6. The average molecular weight is 338 g/mol. The number of carbonyl (C=O) groups excluding carboxylic acids is 1. The monoisotopic (exact) mass is 337 g/mol. The van der Waals surface area contributed by atoms with Gasteiger partial charge in [0.05, 0.1) is 5.56 Å². The third-order valence-corrected chi connectivity index (χ3v) is 5.56. The minimum Gasteiger partial charge on any atom is -0.338 e. The van der Waals surface area contributed by atoms with Gasteiger partial charge >= 0.3 is 0 Å². The van der Waals surface area contributed by atoms with Gasteiger partial charge in [0.2, 0.25) is 0 Å². The first-order valence-corrected chi connectivity index (χ1v) is 9.62. The van der Waals surface area contributed by atoms with Crippen LogP contribution in [0.5, 0.6) is 0 Å². The van der Waals surface area contributed by atoms with Gasteiger partial charge < -0.3 is 4.90 Å². The third-order valence-electron chi connectivity index (χ3n) is 2.52. The molecule has 0 N–H and O–H groups in total. The number of hydrogen-bond donors (Lipinski definition) is 0. The van der Waals surface area contributed by atoms with Crippen molar-refractivity contribution in [2.24, 2.45) is 11.8 Å². The molecule has 0 aliphatic heterocycles. The molecule has 0 aliphatic rings. The van der Waals surface area contributed by atoms with Crippen LogP contribution in [0.4, 0.5) is 0 Å². The van der Waals surface area contributed by atoms with E-state index in [2.05, 4.69) is 0 Å². The molecule has 0 saturated heterocycles. The predicted octanol–water partition coefficient (Wildman–Crippen LogP) is 3.43. The van der Waals surface area contributed by atoms with E-state index in [9.17, 15) is 13.2 Å². The highest BCUT2D eigenvalue weighted by Gasteiger charge is 2.22. The lowest BCUT2D eigenvalue weighted by atomic mass is 10.1. The minimum atomic E-state index is -3.77. The molecule has 20 heavy (non-hydrogen) atoms. The van der Waals surface area contributed by atoms with E-state index in [4.69, 9.17) is 10.7 Å². The molecule has 0 fully saturated rings. The molecule has 0 atom stereocenters. The zero-order valence-electron chi connectivity index (χ0n) is 12.1. The number of carbonyl (C=O) groups is 1. The van der Waals surface area contributed by atoms with Crippen molar-refractivity contribution in [3.63, 3.8) is 0 Å². The molecule has 0 bridgehead atoms. The Bertz CT molecular complexity index is 554. The summed E-state index contributed by atoms with van der Waals surface area (Å²) in [6.07, 6.45) is 0. The van der Waals surface area contributed by atoms with Gasteiger partial charge in [0.25, 0.3) is 15.0 Å². The van der Waals surface area contributed by atoms with E-state index < -0.39 is 9.05 Å². The van der Waals surface area contributed by atoms with Gasteiger partial charge in [0.1, 0.15) is 4.21 Å². The molecule has 1 aromatic heterocycles. The van der Waals surface area contributed by atoms with Crippen LogP contribution in [0, 0.1) is 11.8 Å². The number of hydrogen-bond acceptors (Lipinski definition) is 4. The quantitative estimate of drug-likeness (QED) is 0.747. The third kappa shape index (κ3) is 5.07. The van der Waals surface area contributed by atoms with Crippen LogP contribution in [0.25, 0.3) is 0 Å². The first-order chi connectivity index (χ1) is 9.11. The van der Waals surface area contributed by atoms with Gasteiger partial charge in [0.15, 0.2) is 0 Å². The zero-order valence-corrected chi connectivity index (χ0v) is 14.5. The molecular weight excluding hydrogens is 318 g/mol. The SMILES string of the molecule is CC(C)CN(CC(C)C)C(=O)c1csc(S(=O)(=O)Cl)c1. The summed E-state index contributed by atoms with van der Waals surface area (Å²) in [6.45, 7) is 9.48. The summed E-state index contributed by atoms with van der Waals surface area (Å²) in [7, 11) is 1.52. The number of thiophene rings is 1. The second-order valence-electron chi connectivity index (χ2n) is 5.59. The van der Waals surface area contributed by atoms with Crippen LogP contribution >= 0.6 is 22.0 Å². The normalized spacial score (nSPS) is 12.2. The van der Waals surface area contributed by atoms with Crippen LogP contribution in [-0.4, -0.2) is 32.3 Å². The first-order valence-electron chi connectivity index (χ1n) is 6.43. The Balaban J connectivity index is 2.97. The standard InChI is InChI=1S/C13H20ClNO3S2/c1-9(2)6-15(7-10(3)4)13(16)11-5-12(19-8-11)20(14,17)18/h5,8-10H,6-7H2,1-4H3. The molecule has 1 aromatic rings. The van der Waals surface area contributed by atoms with E-state index in [0.29, 0.717) is 30.5 Å². The highest BCUT2D eigenvalue weighted by Crippen LogP contribution is 2.25. The Morgan fingerprint density at radius 2 is 1.75 bits per heavy atom. The summed E-state index contributed by atoms with van der Waals surface area (Å²) in [5.74, 6) is 0.565.